The number of likely N-dealkylation sites (N-methyl/N-ethyl adjacent to an activating group) is 1. The molecule has 46 heavy (non-hydrogen) atoms. The van der Waals surface area contributed by atoms with Gasteiger partial charge in [0, 0.05) is 12.8 Å². The van der Waals surface area contributed by atoms with E-state index in [1.165, 1.54) is 70.6 Å². The van der Waals surface area contributed by atoms with Crippen molar-refractivity contribution in [3.63, 3.8) is 0 Å². The summed E-state index contributed by atoms with van der Waals surface area (Å²) in [7, 11) is 1.16. The van der Waals surface area contributed by atoms with E-state index in [4.69, 9.17) is 18.5 Å². The minimum absolute atomic E-state index is 0.0299. The molecule has 0 heterocycles. The van der Waals surface area contributed by atoms with Crippen molar-refractivity contribution < 1.29 is 42.1 Å². The van der Waals surface area contributed by atoms with Crippen LogP contribution in [0.4, 0.5) is 0 Å². The van der Waals surface area contributed by atoms with E-state index in [-0.39, 0.29) is 26.1 Å². The van der Waals surface area contributed by atoms with Crippen LogP contribution in [-0.2, 0) is 32.7 Å². The molecule has 0 aliphatic heterocycles. The molecule has 9 nitrogen and oxygen atoms in total. The molecule has 0 saturated carbocycles. The average Bonchev–Trinajstić information content (AvgIpc) is 2.99. The Kier molecular flexibility index (Phi) is 29.0. The summed E-state index contributed by atoms with van der Waals surface area (Å²) in [6.07, 6.45) is 27.3. The molecule has 0 saturated heterocycles. The Balaban J connectivity index is 4.23. The lowest BCUT2D eigenvalue weighted by Crippen LogP contribution is -2.37. The van der Waals surface area contributed by atoms with Crippen LogP contribution in [0.1, 0.15) is 155 Å². The maximum absolute atomic E-state index is 12.5. The van der Waals surface area contributed by atoms with Crippen molar-refractivity contribution in [2.24, 2.45) is 0 Å². The Morgan fingerprint density at radius 3 is 1.63 bits per heavy atom. The zero-order valence-electron chi connectivity index (χ0n) is 30.3. The summed E-state index contributed by atoms with van der Waals surface area (Å²) in [5.74, 6) is -0.858. The van der Waals surface area contributed by atoms with Gasteiger partial charge < -0.3 is 27.9 Å². The van der Waals surface area contributed by atoms with Gasteiger partial charge in [0.2, 0.25) is 0 Å². The maximum Gasteiger partial charge on any atom is 0.306 e. The Morgan fingerprint density at radius 1 is 0.652 bits per heavy atom. The first kappa shape index (κ1) is 44.8. The standard InChI is InChI=1S/C36H70NO8P/c1-6-8-10-12-13-14-15-16-17-18-19-20-21-22-23-24-25-27-29-36(39)45-34(32-42-35(38)28-26-11-9-7-2)33-44-46(40,41)43-31-30-37(3,4)5/h17-18,34H,6-16,19-33H2,1-5H3/b18-17-. The molecule has 10 heteroatoms. The summed E-state index contributed by atoms with van der Waals surface area (Å²) < 4.78 is 33.4. The van der Waals surface area contributed by atoms with Crippen molar-refractivity contribution in [1.29, 1.82) is 0 Å². The number of nitrogens with zero attached hydrogens (tertiary/aromatic N) is 1. The Hall–Kier alpha value is -1.25. The van der Waals surface area contributed by atoms with Crippen molar-refractivity contribution in [2.45, 2.75) is 161 Å². The summed E-state index contributed by atoms with van der Waals surface area (Å²) in [5, 5.41) is 0. The second-order valence-corrected chi connectivity index (χ2v) is 15.0. The topological polar surface area (TPSA) is 111 Å². The summed E-state index contributed by atoms with van der Waals surface area (Å²) in [6, 6.07) is 0. The van der Waals surface area contributed by atoms with Crippen LogP contribution in [0, 0.1) is 0 Å². The SMILES string of the molecule is CCCCCCCCC/C=C\CCCCCCCCCC(=O)OC(COC(=O)CCCCCC)COP(=O)([O-])OCC[N+](C)(C)C. The summed E-state index contributed by atoms with van der Waals surface area (Å²) >= 11 is 0. The third-order valence-corrected chi connectivity index (χ3v) is 8.75. The highest BCUT2D eigenvalue weighted by molar-refractivity contribution is 7.45. The highest BCUT2D eigenvalue weighted by Crippen LogP contribution is 2.38. The molecule has 0 spiro atoms. The van der Waals surface area contributed by atoms with E-state index >= 15 is 0 Å². The fourth-order valence-corrected chi connectivity index (χ4v) is 5.55. The average molecular weight is 676 g/mol. The Labute approximate surface area is 282 Å². The van der Waals surface area contributed by atoms with Crippen LogP contribution in [0.15, 0.2) is 12.2 Å². The van der Waals surface area contributed by atoms with Gasteiger partial charge in [-0.3, -0.25) is 14.2 Å². The first-order valence-electron chi connectivity index (χ1n) is 18.4. The summed E-state index contributed by atoms with van der Waals surface area (Å²) in [6.45, 7) is 4.07. The van der Waals surface area contributed by atoms with E-state index in [0.717, 1.165) is 51.4 Å². The van der Waals surface area contributed by atoms with Crippen LogP contribution in [-0.4, -0.2) is 70.0 Å². The number of phosphoric ester groups is 1. The van der Waals surface area contributed by atoms with Crippen LogP contribution >= 0.6 is 7.82 Å². The molecule has 0 aromatic carbocycles. The molecule has 0 bridgehead atoms. The lowest BCUT2D eigenvalue weighted by atomic mass is 10.1. The van der Waals surface area contributed by atoms with Crippen molar-refractivity contribution in [1.82, 2.24) is 0 Å². The lowest BCUT2D eigenvalue weighted by molar-refractivity contribution is -0.870. The minimum atomic E-state index is -4.60. The number of rotatable bonds is 33. The van der Waals surface area contributed by atoms with Gasteiger partial charge in [0.1, 0.15) is 19.8 Å². The van der Waals surface area contributed by atoms with Crippen LogP contribution in [0.5, 0.6) is 0 Å². The number of quaternary nitrogens is 1. The van der Waals surface area contributed by atoms with Crippen LogP contribution in [0.25, 0.3) is 0 Å². The molecule has 0 aromatic rings. The van der Waals surface area contributed by atoms with Crippen molar-refractivity contribution >= 4 is 19.8 Å². The third-order valence-electron chi connectivity index (χ3n) is 7.79. The quantitative estimate of drug-likeness (QED) is 0.0223. The monoisotopic (exact) mass is 675 g/mol. The second kappa shape index (κ2) is 29.9. The van der Waals surface area contributed by atoms with Gasteiger partial charge in [-0.05, 0) is 38.5 Å². The normalized spacial score (nSPS) is 14.0. The van der Waals surface area contributed by atoms with E-state index in [9.17, 15) is 19.0 Å². The molecule has 0 amide bonds. The van der Waals surface area contributed by atoms with Crippen LogP contribution in [0.2, 0.25) is 0 Å². The predicted octanol–water partition coefficient (Wildman–Crippen LogP) is 8.83. The molecule has 2 unspecified atom stereocenters. The summed E-state index contributed by atoms with van der Waals surface area (Å²) in [4.78, 5) is 36.9. The molecule has 272 valence electrons. The van der Waals surface area contributed by atoms with E-state index in [0.29, 0.717) is 17.4 Å². The van der Waals surface area contributed by atoms with Crippen molar-refractivity contribution in [2.75, 3.05) is 47.5 Å². The molecular formula is C36H70NO8P. The van der Waals surface area contributed by atoms with Crippen LogP contribution in [0.3, 0.4) is 0 Å². The van der Waals surface area contributed by atoms with E-state index in [1.54, 1.807) is 0 Å². The van der Waals surface area contributed by atoms with Crippen molar-refractivity contribution in [3.8, 4) is 0 Å². The van der Waals surface area contributed by atoms with Gasteiger partial charge >= 0.3 is 11.9 Å². The van der Waals surface area contributed by atoms with E-state index < -0.39 is 32.5 Å². The molecular weight excluding hydrogens is 605 g/mol. The number of allylic oxidation sites excluding steroid dienone is 2. The van der Waals surface area contributed by atoms with Gasteiger partial charge in [0.25, 0.3) is 7.82 Å². The molecule has 0 fully saturated rings. The zero-order valence-corrected chi connectivity index (χ0v) is 31.2. The van der Waals surface area contributed by atoms with Gasteiger partial charge in [-0.25, -0.2) is 0 Å². The second-order valence-electron chi connectivity index (χ2n) is 13.6. The summed E-state index contributed by atoms with van der Waals surface area (Å²) in [5.41, 5.74) is 0. The molecule has 0 aliphatic carbocycles. The lowest BCUT2D eigenvalue weighted by Gasteiger charge is -2.28. The zero-order chi connectivity index (χ0) is 34.4. The number of carbonyl (C=O) groups excluding carboxylic acids is 2. The highest BCUT2D eigenvalue weighted by atomic mass is 31.2. The van der Waals surface area contributed by atoms with Crippen molar-refractivity contribution in [3.05, 3.63) is 12.2 Å². The van der Waals surface area contributed by atoms with Gasteiger partial charge in [0.15, 0.2) is 6.10 Å². The fraction of sp³-hybridized carbons (Fsp3) is 0.889. The Bertz CT molecular complexity index is 814. The van der Waals surface area contributed by atoms with Crippen LogP contribution < -0.4 is 4.89 Å². The smallest absolute Gasteiger partial charge is 0.306 e. The number of unbranched alkanes of at least 4 members (excludes halogenated alkanes) is 17. The maximum atomic E-state index is 12.5. The molecule has 0 N–H and O–H groups in total. The van der Waals surface area contributed by atoms with E-state index in [1.807, 2.05) is 21.1 Å². The van der Waals surface area contributed by atoms with Gasteiger partial charge in [-0.15, -0.1) is 0 Å². The number of hydrogen-bond donors (Lipinski definition) is 0. The number of ether oxygens (including phenoxy) is 2. The number of carbonyl (C=O) groups is 2. The fourth-order valence-electron chi connectivity index (χ4n) is 4.82. The molecule has 0 rings (SSSR count). The number of esters is 2. The largest absolute Gasteiger partial charge is 0.756 e. The number of phosphoric acid groups is 1. The molecule has 0 aliphatic rings. The third kappa shape index (κ3) is 32.7. The highest BCUT2D eigenvalue weighted by Gasteiger charge is 2.21. The predicted molar refractivity (Wildman–Crippen MR) is 185 cm³/mol. The number of hydrogen-bond acceptors (Lipinski definition) is 8. The Morgan fingerprint density at radius 2 is 1.11 bits per heavy atom. The van der Waals surface area contributed by atoms with Gasteiger partial charge in [-0.2, -0.15) is 0 Å². The minimum Gasteiger partial charge on any atom is -0.756 e. The molecule has 0 radical (unpaired) electrons. The van der Waals surface area contributed by atoms with Gasteiger partial charge in [-0.1, -0.05) is 116 Å². The van der Waals surface area contributed by atoms with E-state index in [2.05, 4.69) is 26.0 Å². The van der Waals surface area contributed by atoms with Gasteiger partial charge in [0.05, 0.1) is 27.7 Å². The first-order valence-corrected chi connectivity index (χ1v) is 19.9. The first-order chi connectivity index (χ1) is 22.0. The molecule has 2 atom stereocenters. The molecule has 0 aromatic heterocycles.